The summed E-state index contributed by atoms with van der Waals surface area (Å²) in [5.41, 5.74) is 2.08. The Morgan fingerprint density at radius 3 is 2.85 bits per heavy atom. The molecule has 20 heavy (non-hydrogen) atoms. The second kappa shape index (κ2) is 5.16. The van der Waals surface area contributed by atoms with Crippen molar-refractivity contribution in [3.05, 3.63) is 47.3 Å². The average Bonchev–Trinajstić information content (AvgIpc) is 2.93. The highest BCUT2D eigenvalue weighted by Crippen LogP contribution is 2.32. The van der Waals surface area contributed by atoms with Crippen LogP contribution in [0.5, 0.6) is 11.5 Å². The van der Waals surface area contributed by atoms with E-state index in [1.807, 2.05) is 19.1 Å². The van der Waals surface area contributed by atoms with Crippen LogP contribution in [0.15, 0.2) is 30.3 Å². The highest BCUT2D eigenvalue weighted by molar-refractivity contribution is 5.94. The van der Waals surface area contributed by atoms with Gasteiger partial charge in [0.2, 0.25) is 6.79 Å². The summed E-state index contributed by atoms with van der Waals surface area (Å²) in [4.78, 5) is 12.0. The number of rotatable bonds is 3. The molecule has 2 aromatic rings. The summed E-state index contributed by atoms with van der Waals surface area (Å²) in [5, 5.41) is 10.7. The fraction of sp³-hybridized carbons (Fsp3) is 0.214. The van der Waals surface area contributed by atoms with E-state index in [1.165, 1.54) is 0 Å². The molecule has 0 saturated heterocycles. The Labute approximate surface area is 115 Å². The number of hydrogen-bond acceptors (Lipinski definition) is 5. The molecule has 1 aliphatic rings. The van der Waals surface area contributed by atoms with Crippen LogP contribution in [-0.2, 0) is 6.54 Å². The summed E-state index contributed by atoms with van der Waals surface area (Å²) in [6, 6.07) is 8.78. The molecule has 102 valence electrons. The maximum absolute atomic E-state index is 12.0. The fourth-order valence-corrected chi connectivity index (χ4v) is 1.83. The molecule has 1 aliphatic heterocycles. The van der Waals surface area contributed by atoms with E-state index in [4.69, 9.17) is 9.47 Å². The van der Waals surface area contributed by atoms with Gasteiger partial charge in [-0.3, -0.25) is 4.79 Å². The molecule has 0 unspecified atom stereocenters. The van der Waals surface area contributed by atoms with Crippen LogP contribution >= 0.6 is 0 Å². The van der Waals surface area contributed by atoms with Crippen molar-refractivity contribution in [2.75, 3.05) is 6.79 Å². The van der Waals surface area contributed by atoms with Crippen LogP contribution in [0.4, 0.5) is 0 Å². The van der Waals surface area contributed by atoms with Crippen LogP contribution in [0, 0.1) is 6.92 Å². The van der Waals surface area contributed by atoms with Gasteiger partial charge in [-0.15, -0.1) is 0 Å². The lowest BCUT2D eigenvalue weighted by atomic mass is 10.2. The standard InChI is InChI=1S/C14H13N3O3/c1-9-2-4-11(17-16-9)7-15-14(18)10-3-5-12-13(6-10)20-8-19-12/h2-6H,7-8H2,1H3,(H,15,18). The largest absolute Gasteiger partial charge is 0.454 e. The van der Waals surface area contributed by atoms with Crippen molar-refractivity contribution >= 4 is 5.91 Å². The van der Waals surface area contributed by atoms with Crippen molar-refractivity contribution in [1.29, 1.82) is 0 Å². The van der Waals surface area contributed by atoms with Gasteiger partial charge in [0.1, 0.15) is 0 Å². The third-order valence-electron chi connectivity index (χ3n) is 2.92. The van der Waals surface area contributed by atoms with E-state index in [1.54, 1.807) is 18.2 Å². The van der Waals surface area contributed by atoms with E-state index in [2.05, 4.69) is 15.5 Å². The van der Waals surface area contributed by atoms with Crippen molar-refractivity contribution in [2.24, 2.45) is 0 Å². The third kappa shape index (κ3) is 2.54. The summed E-state index contributed by atoms with van der Waals surface area (Å²) in [7, 11) is 0. The average molecular weight is 271 g/mol. The molecule has 6 nitrogen and oxygen atoms in total. The van der Waals surface area contributed by atoms with Crippen molar-refractivity contribution < 1.29 is 14.3 Å². The number of aryl methyl sites for hydroxylation is 1. The maximum atomic E-state index is 12.0. The molecular weight excluding hydrogens is 258 g/mol. The number of nitrogens with one attached hydrogen (secondary N) is 1. The first-order valence-electron chi connectivity index (χ1n) is 6.19. The minimum Gasteiger partial charge on any atom is -0.454 e. The van der Waals surface area contributed by atoms with Crippen LogP contribution in [0.25, 0.3) is 0 Å². The molecule has 0 bridgehead atoms. The highest BCUT2D eigenvalue weighted by atomic mass is 16.7. The lowest BCUT2D eigenvalue weighted by molar-refractivity contribution is 0.0950. The molecule has 3 rings (SSSR count). The first-order chi connectivity index (χ1) is 9.72. The van der Waals surface area contributed by atoms with Crippen molar-refractivity contribution in [3.8, 4) is 11.5 Å². The summed E-state index contributed by atoms with van der Waals surface area (Å²) in [6.45, 7) is 2.39. The summed E-state index contributed by atoms with van der Waals surface area (Å²) in [5.74, 6) is 1.06. The van der Waals surface area contributed by atoms with Crippen molar-refractivity contribution in [1.82, 2.24) is 15.5 Å². The summed E-state index contributed by atoms with van der Waals surface area (Å²) >= 11 is 0. The number of benzene rings is 1. The van der Waals surface area contributed by atoms with Gasteiger partial charge in [0, 0.05) is 5.56 Å². The molecule has 0 atom stereocenters. The normalized spacial score (nSPS) is 12.2. The van der Waals surface area contributed by atoms with Gasteiger partial charge in [-0.1, -0.05) is 0 Å². The molecule has 0 spiro atoms. The Balaban J connectivity index is 1.66. The van der Waals surface area contributed by atoms with Crippen molar-refractivity contribution in [2.45, 2.75) is 13.5 Å². The van der Waals surface area contributed by atoms with Gasteiger partial charge in [-0.2, -0.15) is 10.2 Å². The number of ether oxygens (including phenoxy) is 2. The van der Waals surface area contributed by atoms with E-state index < -0.39 is 0 Å². The van der Waals surface area contributed by atoms with Gasteiger partial charge < -0.3 is 14.8 Å². The van der Waals surface area contributed by atoms with E-state index >= 15 is 0 Å². The van der Waals surface area contributed by atoms with Crippen molar-refractivity contribution in [3.63, 3.8) is 0 Å². The molecular formula is C14H13N3O3. The Kier molecular flexibility index (Phi) is 3.20. The van der Waals surface area contributed by atoms with E-state index in [0.717, 1.165) is 5.69 Å². The molecule has 2 heterocycles. The topological polar surface area (TPSA) is 73.3 Å². The van der Waals surface area contributed by atoms with E-state index in [9.17, 15) is 4.79 Å². The fourth-order valence-electron chi connectivity index (χ4n) is 1.83. The maximum Gasteiger partial charge on any atom is 0.251 e. The van der Waals surface area contributed by atoms with Crippen LogP contribution < -0.4 is 14.8 Å². The zero-order valence-corrected chi connectivity index (χ0v) is 10.9. The number of hydrogen-bond donors (Lipinski definition) is 1. The zero-order valence-electron chi connectivity index (χ0n) is 10.9. The second-order valence-corrected chi connectivity index (χ2v) is 4.42. The molecule has 0 saturated carbocycles. The number of amides is 1. The van der Waals surface area contributed by atoms with Gasteiger partial charge in [-0.25, -0.2) is 0 Å². The van der Waals surface area contributed by atoms with E-state index in [-0.39, 0.29) is 12.7 Å². The number of aromatic nitrogens is 2. The van der Waals surface area contributed by atoms with Gasteiger partial charge >= 0.3 is 0 Å². The third-order valence-corrected chi connectivity index (χ3v) is 2.92. The predicted octanol–water partition coefficient (Wildman–Crippen LogP) is 1.44. The predicted molar refractivity (Wildman–Crippen MR) is 70.5 cm³/mol. The van der Waals surface area contributed by atoms with Crippen LogP contribution in [0.1, 0.15) is 21.7 Å². The lowest BCUT2D eigenvalue weighted by Gasteiger charge is -2.05. The zero-order chi connectivity index (χ0) is 13.9. The Hall–Kier alpha value is -2.63. The van der Waals surface area contributed by atoms with Gasteiger partial charge in [-0.05, 0) is 37.3 Å². The molecule has 6 heteroatoms. The van der Waals surface area contributed by atoms with Gasteiger partial charge in [0.05, 0.1) is 17.9 Å². The van der Waals surface area contributed by atoms with Crippen LogP contribution in [0.2, 0.25) is 0 Å². The number of nitrogens with zero attached hydrogens (tertiary/aromatic N) is 2. The van der Waals surface area contributed by atoms with Gasteiger partial charge in [0.15, 0.2) is 11.5 Å². The highest BCUT2D eigenvalue weighted by Gasteiger charge is 2.16. The molecule has 0 fully saturated rings. The van der Waals surface area contributed by atoms with Crippen LogP contribution in [-0.4, -0.2) is 22.9 Å². The number of carbonyl (C=O) groups is 1. The number of fused-ring (bicyclic) bond motifs is 1. The molecule has 0 aliphatic carbocycles. The first-order valence-corrected chi connectivity index (χ1v) is 6.19. The lowest BCUT2D eigenvalue weighted by Crippen LogP contribution is -2.23. The molecule has 1 aromatic carbocycles. The quantitative estimate of drug-likeness (QED) is 0.914. The van der Waals surface area contributed by atoms with Crippen LogP contribution in [0.3, 0.4) is 0 Å². The number of carbonyl (C=O) groups excluding carboxylic acids is 1. The molecule has 1 aromatic heterocycles. The summed E-state index contributed by atoms with van der Waals surface area (Å²) < 4.78 is 10.4. The minimum atomic E-state index is -0.189. The van der Waals surface area contributed by atoms with E-state index in [0.29, 0.717) is 29.3 Å². The first kappa shape index (κ1) is 12.4. The Morgan fingerprint density at radius 2 is 2.05 bits per heavy atom. The smallest absolute Gasteiger partial charge is 0.251 e. The SMILES string of the molecule is Cc1ccc(CNC(=O)c2ccc3c(c2)OCO3)nn1. The monoisotopic (exact) mass is 271 g/mol. The molecule has 0 radical (unpaired) electrons. The Morgan fingerprint density at radius 1 is 1.20 bits per heavy atom. The minimum absolute atomic E-state index is 0.189. The van der Waals surface area contributed by atoms with Gasteiger partial charge in [0.25, 0.3) is 5.91 Å². The Bertz CT molecular complexity index is 641. The second-order valence-electron chi connectivity index (χ2n) is 4.42. The summed E-state index contributed by atoms with van der Waals surface area (Å²) in [6.07, 6.45) is 0. The molecule has 1 N–H and O–H groups in total. The molecule has 1 amide bonds.